The smallest absolute Gasteiger partial charge is 0.407 e. The number of ether oxygens (including phenoxy) is 4. The van der Waals surface area contributed by atoms with Crippen LogP contribution in [0.15, 0.2) is 48.5 Å². The van der Waals surface area contributed by atoms with Crippen LogP contribution in [0.4, 0.5) is 4.79 Å². The summed E-state index contributed by atoms with van der Waals surface area (Å²) in [6, 6.07) is 16.5. The zero-order valence-corrected chi connectivity index (χ0v) is 20.9. The quantitative estimate of drug-likeness (QED) is 0.267. The number of amides is 1. The molecule has 0 saturated carbocycles. The lowest BCUT2D eigenvalue weighted by atomic mass is 9.98. The van der Waals surface area contributed by atoms with Crippen LogP contribution in [-0.2, 0) is 23.7 Å². The highest BCUT2D eigenvalue weighted by atomic mass is 16.6. The first-order valence-corrected chi connectivity index (χ1v) is 12.4. The minimum Gasteiger partial charge on any atom is -0.449 e. The van der Waals surface area contributed by atoms with Gasteiger partial charge in [-0.05, 0) is 29.3 Å². The van der Waals surface area contributed by atoms with E-state index in [1.807, 2.05) is 31.3 Å². The third-order valence-corrected chi connectivity index (χ3v) is 5.74. The molecule has 1 amide bonds. The van der Waals surface area contributed by atoms with Gasteiger partial charge < -0.3 is 34.9 Å². The maximum absolute atomic E-state index is 12.1. The molecule has 0 fully saturated rings. The number of hydrogen-bond donors (Lipinski definition) is 3. The van der Waals surface area contributed by atoms with Gasteiger partial charge in [0.2, 0.25) is 0 Å². The van der Waals surface area contributed by atoms with Gasteiger partial charge in [-0.2, -0.15) is 0 Å². The van der Waals surface area contributed by atoms with Crippen molar-refractivity contribution in [1.29, 1.82) is 0 Å². The first-order chi connectivity index (χ1) is 17.7. The molecule has 9 heteroatoms. The molecule has 0 bridgehead atoms. The predicted octanol–water partition coefficient (Wildman–Crippen LogP) is 1.95. The van der Waals surface area contributed by atoms with Crippen molar-refractivity contribution < 1.29 is 28.5 Å². The van der Waals surface area contributed by atoms with Crippen molar-refractivity contribution in [2.24, 2.45) is 0 Å². The topological polar surface area (TPSA) is 107 Å². The van der Waals surface area contributed by atoms with Crippen LogP contribution in [0.2, 0.25) is 0 Å². The lowest BCUT2D eigenvalue weighted by Gasteiger charge is -2.14. The number of carbonyl (C=O) groups is 2. The number of alkyl carbamates (subject to hydrolysis) is 1. The van der Waals surface area contributed by atoms with Gasteiger partial charge in [-0.25, -0.2) is 4.79 Å². The largest absolute Gasteiger partial charge is 0.449 e. The summed E-state index contributed by atoms with van der Waals surface area (Å²) < 4.78 is 21.7. The molecule has 0 aliphatic heterocycles. The molecular weight excluding hydrogens is 462 g/mol. The van der Waals surface area contributed by atoms with Crippen molar-refractivity contribution in [3.8, 4) is 11.1 Å². The number of nitrogens with one attached hydrogen (secondary N) is 3. The third kappa shape index (κ3) is 9.00. The minimum absolute atomic E-state index is 0.0123. The molecule has 0 atom stereocenters. The van der Waals surface area contributed by atoms with Gasteiger partial charge in [-0.15, -0.1) is 0 Å². The molecule has 2 aromatic carbocycles. The van der Waals surface area contributed by atoms with Crippen LogP contribution in [0, 0.1) is 0 Å². The van der Waals surface area contributed by atoms with E-state index in [1.165, 1.54) is 22.3 Å². The van der Waals surface area contributed by atoms with E-state index in [9.17, 15) is 9.59 Å². The first kappa shape index (κ1) is 27.8. The Bertz CT molecular complexity index is 909. The van der Waals surface area contributed by atoms with Crippen LogP contribution in [0.1, 0.15) is 17.0 Å². The Morgan fingerprint density at radius 1 is 0.778 bits per heavy atom. The van der Waals surface area contributed by atoms with E-state index in [1.54, 1.807) is 0 Å². The zero-order valence-electron chi connectivity index (χ0n) is 20.9. The number of Topliss-reactive ketones (excluding diaryl/α,β-unsaturated/α-hetero) is 1. The van der Waals surface area contributed by atoms with E-state index >= 15 is 0 Å². The maximum Gasteiger partial charge on any atom is 0.407 e. The lowest BCUT2D eigenvalue weighted by molar-refractivity contribution is -0.123. The molecule has 196 valence electrons. The number of ketones is 1. The Hall–Kier alpha value is -2.82. The van der Waals surface area contributed by atoms with Crippen LogP contribution < -0.4 is 16.0 Å². The summed E-state index contributed by atoms with van der Waals surface area (Å²) in [4.78, 5) is 23.7. The molecule has 1 aliphatic rings. The number of rotatable bonds is 18. The number of likely N-dealkylation sites (N-methyl/N-ethyl adjacent to an activating group) is 1. The van der Waals surface area contributed by atoms with E-state index < -0.39 is 6.09 Å². The molecule has 2 aromatic rings. The summed E-state index contributed by atoms with van der Waals surface area (Å²) in [5.74, 6) is 0.0528. The van der Waals surface area contributed by atoms with E-state index in [2.05, 4.69) is 40.2 Å². The van der Waals surface area contributed by atoms with Crippen LogP contribution in [0.5, 0.6) is 0 Å². The fourth-order valence-electron chi connectivity index (χ4n) is 3.99. The number of benzene rings is 2. The Morgan fingerprint density at radius 2 is 1.39 bits per heavy atom. The van der Waals surface area contributed by atoms with Gasteiger partial charge in [0.05, 0.1) is 39.6 Å². The Balaban J connectivity index is 1.17. The summed E-state index contributed by atoms with van der Waals surface area (Å²) in [5, 5.41) is 8.75. The van der Waals surface area contributed by atoms with Crippen LogP contribution in [0.3, 0.4) is 0 Å². The van der Waals surface area contributed by atoms with Crippen molar-refractivity contribution >= 4 is 11.9 Å². The molecule has 0 radical (unpaired) electrons. The summed E-state index contributed by atoms with van der Waals surface area (Å²) in [7, 11) is 1.86. The molecule has 0 heterocycles. The normalized spacial score (nSPS) is 12.2. The van der Waals surface area contributed by atoms with Crippen molar-refractivity contribution in [1.82, 2.24) is 16.0 Å². The third-order valence-electron chi connectivity index (χ3n) is 5.74. The van der Waals surface area contributed by atoms with E-state index in [0.29, 0.717) is 46.1 Å². The summed E-state index contributed by atoms with van der Waals surface area (Å²) in [6.07, 6.45) is -0.458. The second-order valence-electron chi connectivity index (χ2n) is 8.35. The van der Waals surface area contributed by atoms with Gasteiger partial charge in [-0.3, -0.25) is 4.79 Å². The summed E-state index contributed by atoms with van der Waals surface area (Å²) in [6.45, 7) is 4.50. The molecule has 1 aliphatic carbocycles. The van der Waals surface area contributed by atoms with Crippen molar-refractivity contribution in [3.63, 3.8) is 0 Å². The maximum atomic E-state index is 12.1. The van der Waals surface area contributed by atoms with Gasteiger partial charge in [0.25, 0.3) is 0 Å². The summed E-state index contributed by atoms with van der Waals surface area (Å²) >= 11 is 0. The molecular formula is C27H37N3O6. The van der Waals surface area contributed by atoms with Crippen molar-refractivity contribution in [3.05, 3.63) is 59.7 Å². The SMILES string of the molecule is CNCCNCC(=O)COCCOCCOCCNC(=O)OCC1c2ccccc2-c2ccccc21. The second-order valence-corrected chi connectivity index (χ2v) is 8.35. The van der Waals surface area contributed by atoms with Crippen molar-refractivity contribution in [2.75, 3.05) is 79.5 Å². The van der Waals surface area contributed by atoms with Gasteiger partial charge in [0, 0.05) is 25.6 Å². The molecule has 9 nitrogen and oxygen atoms in total. The standard InChI is InChI=1S/C27H37N3O6/c1-28-10-11-29-18-21(31)19-35-17-16-34-15-14-33-13-12-30-27(32)36-20-26-24-8-4-2-6-22(24)23-7-3-5-9-25(23)26/h2-9,26,28-29H,10-20H2,1H3,(H,30,32). The second kappa shape index (κ2) is 16.0. The van der Waals surface area contributed by atoms with E-state index in [-0.39, 0.29) is 24.9 Å². The highest BCUT2D eigenvalue weighted by Gasteiger charge is 2.28. The number of carbonyl (C=O) groups excluding carboxylic acids is 2. The highest BCUT2D eigenvalue weighted by molar-refractivity contribution is 5.81. The predicted molar refractivity (Wildman–Crippen MR) is 137 cm³/mol. The van der Waals surface area contributed by atoms with Gasteiger partial charge in [0.15, 0.2) is 5.78 Å². The zero-order chi connectivity index (χ0) is 25.4. The molecule has 0 saturated heterocycles. The average Bonchev–Trinajstić information content (AvgIpc) is 3.22. The number of hydrogen-bond acceptors (Lipinski definition) is 8. The molecule has 3 N–H and O–H groups in total. The van der Waals surface area contributed by atoms with E-state index in [0.717, 1.165) is 13.1 Å². The van der Waals surface area contributed by atoms with Crippen LogP contribution in [-0.4, -0.2) is 91.4 Å². The Labute approximate surface area is 212 Å². The highest BCUT2D eigenvalue weighted by Crippen LogP contribution is 2.44. The van der Waals surface area contributed by atoms with Gasteiger partial charge in [0.1, 0.15) is 13.2 Å². The van der Waals surface area contributed by atoms with Crippen molar-refractivity contribution in [2.45, 2.75) is 5.92 Å². The molecule has 0 spiro atoms. The first-order valence-electron chi connectivity index (χ1n) is 12.4. The fourth-order valence-corrected chi connectivity index (χ4v) is 3.99. The van der Waals surface area contributed by atoms with Crippen LogP contribution >= 0.6 is 0 Å². The Kier molecular flexibility index (Phi) is 12.4. The minimum atomic E-state index is -0.458. The fraction of sp³-hybridized carbons (Fsp3) is 0.481. The summed E-state index contributed by atoms with van der Waals surface area (Å²) in [5.41, 5.74) is 4.77. The van der Waals surface area contributed by atoms with Gasteiger partial charge >= 0.3 is 6.09 Å². The molecule has 36 heavy (non-hydrogen) atoms. The monoisotopic (exact) mass is 499 g/mol. The molecule has 3 rings (SSSR count). The molecule has 0 aromatic heterocycles. The molecule has 0 unspecified atom stereocenters. The van der Waals surface area contributed by atoms with Crippen LogP contribution in [0.25, 0.3) is 11.1 Å². The lowest BCUT2D eigenvalue weighted by Crippen LogP contribution is -2.31. The Morgan fingerprint density at radius 3 is 2.06 bits per heavy atom. The number of fused-ring (bicyclic) bond motifs is 3. The van der Waals surface area contributed by atoms with Gasteiger partial charge in [-0.1, -0.05) is 48.5 Å². The average molecular weight is 500 g/mol. The van der Waals surface area contributed by atoms with E-state index in [4.69, 9.17) is 18.9 Å².